The third-order valence-corrected chi connectivity index (χ3v) is 1.90. The van der Waals surface area contributed by atoms with Crippen molar-refractivity contribution in [3.63, 3.8) is 0 Å². The van der Waals surface area contributed by atoms with E-state index in [4.69, 9.17) is 9.15 Å². The van der Waals surface area contributed by atoms with Crippen LogP contribution in [0, 0.1) is 6.92 Å². The number of aromatic hydroxyl groups is 1. The highest BCUT2D eigenvalue weighted by atomic mass is 16.5. The number of hydrogen-bond acceptors (Lipinski definition) is 4. The number of benzene rings is 1. The molecule has 0 fully saturated rings. The molecular formula is C11H11NO3. The van der Waals surface area contributed by atoms with Crippen LogP contribution in [0.1, 0.15) is 11.7 Å². The van der Waals surface area contributed by atoms with Crippen LogP contribution >= 0.6 is 0 Å². The summed E-state index contributed by atoms with van der Waals surface area (Å²) in [5.41, 5.74) is 0. The minimum absolute atomic E-state index is 0.119. The Hall–Kier alpha value is -1.97. The zero-order chi connectivity index (χ0) is 10.7. The van der Waals surface area contributed by atoms with Crippen molar-refractivity contribution in [1.29, 1.82) is 0 Å². The van der Waals surface area contributed by atoms with Gasteiger partial charge in [-0.3, -0.25) is 0 Å². The van der Waals surface area contributed by atoms with Crippen molar-refractivity contribution in [3.05, 3.63) is 42.1 Å². The Balaban J connectivity index is 2.02. The molecule has 4 heteroatoms. The van der Waals surface area contributed by atoms with E-state index < -0.39 is 0 Å². The van der Waals surface area contributed by atoms with E-state index in [0.717, 1.165) is 0 Å². The van der Waals surface area contributed by atoms with E-state index in [1.165, 1.54) is 0 Å². The SMILES string of the molecule is Cc1ncc(COc2ccccc2O)o1. The van der Waals surface area contributed by atoms with Crippen molar-refractivity contribution >= 4 is 0 Å². The Kier molecular flexibility index (Phi) is 2.58. The molecule has 0 saturated heterocycles. The van der Waals surface area contributed by atoms with Crippen molar-refractivity contribution in [2.45, 2.75) is 13.5 Å². The molecule has 1 N–H and O–H groups in total. The topological polar surface area (TPSA) is 55.5 Å². The fourth-order valence-corrected chi connectivity index (χ4v) is 1.20. The summed E-state index contributed by atoms with van der Waals surface area (Å²) in [6.45, 7) is 2.03. The van der Waals surface area contributed by atoms with Crippen LogP contribution in [-0.2, 0) is 6.61 Å². The van der Waals surface area contributed by atoms with Gasteiger partial charge < -0.3 is 14.3 Å². The van der Waals surface area contributed by atoms with Crippen LogP contribution in [-0.4, -0.2) is 10.1 Å². The summed E-state index contributed by atoms with van der Waals surface area (Å²) >= 11 is 0. The zero-order valence-electron chi connectivity index (χ0n) is 8.30. The predicted molar refractivity (Wildman–Crippen MR) is 53.7 cm³/mol. The fourth-order valence-electron chi connectivity index (χ4n) is 1.20. The first kappa shape index (κ1) is 9.58. The van der Waals surface area contributed by atoms with E-state index >= 15 is 0 Å². The maximum Gasteiger partial charge on any atom is 0.191 e. The van der Waals surface area contributed by atoms with E-state index in [-0.39, 0.29) is 12.4 Å². The molecule has 1 aromatic heterocycles. The van der Waals surface area contributed by atoms with Crippen LogP contribution in [0.15, 0.2) is 34.9 Å². The fraction of sp³-hybridized carbons (Fsp3) is 0.182. The number of aryl methyl sites for hydroxylation is 1. The van der Waals surface area contributed by atoms with Crippen molar-refractivity contribution in [2.24, 2.45) is 0 Å². The summed E-state index contributed by atoms with van der Waals surface area (Å²) in [7, 11) is 0. The average molecular weight is 205 g/mol. The Morgan fingerprint density at radius 3 is 2.87 bits per heavy atom. The van der Waals surface area contributed by atoms with E-state index in [2.05, 4.69) is 4.98 Å². The maximum atomic E-state index is 9.42. The number of phenolic OH excluding ortho intramolecular Hbond substituents is 1. The maximum absolute atomic E-state index is 9.42. The highest BCUT2D eigenvalue weighted by molar-refractivity contribution is 5.37. The molecule has 0 atom stereocenters. The van der Waals surface area contributed by atoms with Gasteiger partial charge in [0.05, 0.1) is 6.20 Å². The van der Waals surface area contributed by atoms with Gasteiger partial charge in [0.15, 0.2) is 23.1 Å². The van der Waals surface area contributed by atoms with Gasteiger partial charge in [-0.1, -0.05) is 12.1 Å². The second kappa shape index (κ2) is 4.04. The second-order valence-electron chi connectivity index (χ2n) is 3.10. The van der Waals surface area contributed by atoms with Crippen LogP contribution in [0.4, 0.5) is 0 Å². The van der Waals surface area contributed by atoms with Crippen molar-refractivity contribution < 1.29 is 14.3 Å². The van der Waals surface area contributed by atoms with Crippen LogP contribution in [0.3, 0.4) is 0 Å². The van der Waals surface area contributed by atoms with Gasteiger partial charge in [0.1, 0.15) is 6.61 Å². The number of phenols is 1. The van der Waals surface area contributed by atoms with E-state index in [1.807, 2.05) is 0 Å². The summed E-state index contributed by atoms with van der Waals surface area (Å²) in [4.78, 5) is 3.94. The van der Waals surface area contributed by atoms with Gasteiger partial charge in [0, 0.05) is 6.92 Å². The molecule has 15 heavy (non-hydrogen) atoms. The van der Waals surface area contributed by atoms with Gasteiger partial charge in [-0.25, -0.2) is 4.98 Å². The van der Waals surface area contributed by atoms with Gasteiger partial charge in [0.25, 0.3) is 0 Å². The molecular weight excluding hydrogens is 194 g/mol. The van der Waals surface area contributed by atoms with Crippen LogP contribution in [0.5, 0.6) is 11.5 Å². The first-order valence-electron chi connectivity index (χ1n) is 4.58. The minimum Gasteiger partial charge on any atom is -0.504 e. The molecule has 2 rings (SSSR count). The molecule has 0 aliphatic carbocycles. The number of rotatable bonds is 3. The van der Waals surface area contributed by atoms with Crippen LogP contribution in [0.2, 0.25) is 0 Å². The van der Waals surface area contributed by atoms with Crippen molar-refractivity contribution in [2.75, 3.05) is 0 Å². The van der Waals surface area contributed by atoms with Crippen molar-refractivity contribution in [3.8, 4) is 11.5 Å². The largest absolute Gasteiger partial charge is 0.504 e. The summed E-state index contributed by atoms with van der Waals surface area (Å²) < 4.78 is 10.6. The number of nitrogens with zero attached hydrogens (tertiary/aromatic N) is 1. The molecule has 0 radical (unpaired) electrons. The first-order valence-corrected chi connectivity index (χ1v) is 4.58. The Bertz CT molecular complexity index is 451. The lowest BCUT2D eigenvalue weighted by Gasteiger charge is -2.04. The number of hydrogen-bond donors (Lipinski definition) is 1. The molecule has 78 valence electrons. The molecule has 0 spiro atoms. The molecule has 0 bridgehead atoms. The third kappa shape index (κ3) is 2.28. The predicted octanol–water partition coefficient (Wildman–Crippen LogP) is 2.27. The average Bonchev–Trinajstić information content (AvgIpc) is 2.63. The van der Waals surface area contributed by atoms with Gasteiger partial charge in [-0.15, -0.1) is 0 Å². The van der Waals surface area contributed by atoms with E-state index in [9.17, 15) is 5.11 Å². The van der Waals surface area contributed by atoms with Gasteiger partial charge in [-0.2, -0.15) is 0 Å². The first-order chi connectivity index (χ1) is 7.25. The molecule has 0 unspecified atom stereocenters. The van der Waals surface area contributed by atoms with Crippen LogP contribution < -0.4 is 4.74 Å². The van der Waals surface area contributed by atoms with E-state index in [0.29, 0.717) is 17.4 Å². The molecule has 0 aliphatic heterocycles. The Morgan fingerprint density at radius 2 is 2.20 bits per heavy atom. The number of ether oxygens (including phenoxy) is 1. The van der Waals surface area contributed by atoms with Gasteiger partial charge in [0.2, 0.25) is 0 Å². The third-order valence-electron chi connectivity index (χ3n) is 1.90. The highest BCUT2D eigenvalue weighted by Gasteiger charge is 2.03. The number of aromatic nitrogens is 1. The smallest absolute Gasteiger partial charge is 0.191 e. The number of para-hydroxylation sites is 2. The molecule has 2 aromatic rings. The summed E-state index contributed by atoms with van der Waals surface area (Å²) in [5, 5.41) is 9.42. The molecule has 0 saturated carbocycles. The lowest BCUT2D eigenvalue weighted by molar-refractivity contribution is 0.256. The molecule has 0 amide bonds. The quantitative estimate of drug-likeness (QED) is 0.835. The standard InChI is InChI=1S/C11H11NO3/c1-8-12-6-9(15-8)7-14-11-5-3-2-4-10(11)13/h2-6,13H,7H2,1H3. The van der Waals surface area contributed by atoms with E-state index in [1.54, 1.807) is 37.4 Å². The second-order valence-corrected chi connectivity index (χ2v) is 3.10. The number of oxazole rings is 1. The van der Waals surface area contributed by atoms with Gasteiger partial charge >= 0.3 is 0 Å². The lowest BCUT2D eigenvalue weighted by atomic mass is 10.3. The molecule has 1 heterocycles. The van der Waals surface area contributed by atoms with Gasteiger partial charge in [-0.05, 0) is 12.1 Å². The molecule has 4 nitrogen and oxygen atoms in total. The summed E-state index contributed by atoms with van der Waals surface area (Å²) in [6.07, 6.45) is 1.61. The zero-order valence-corrected chi connectivity index (χ0v) is 8.30. The summed E-state index contributed by atoms with van der Waals surface area (Å²) in [5.74, 6) is 1.79. The van der Waals surface area contributed by atoms with Crippen molar-refractivity contribution in [1.82, 2.24) is 4.98 Å². The Morgan fingerprint density at radius 1 is 1.40 bits per heavy atom. The molecule has 1 aromatic carbocycles. The lowest BCUT2D eigenvalue weighted by Crippen LogP contribution is -1.93. The Labute approximate surface area is 87.1 Å². The monoisotopic (exact) mass is 205 g/mol. The normalized spacial score (nSPS) is 10.2. The minimum atomic E-state index is 0.119. The summed E-state index contributed by atoms with van der Waals surface area (Å²) in [6, 6.07) is 6.79. The molecule has 0 aliphatic rings. The highest BCUT2D eigenvalue weighted by Crippen LogP contribution is 2.25. The van der Waals surface area contributed by atoms with Crippen LogP contribution in [0.25, 0.3) is 0 Å².